The van der Waals surface area contributed by atoms with Crippen molar-refractivity contribution in [1.29, 1.82) is 0 Å². The van der Waals surface area contributed by atoms with E-state index in [0.29, 0.717) is 13.2 Å². The highest BCUT2D eigenvalue weighted by Gasteiger charge is 2.47. The zero-order valence-electron chi connectivity index (χ0n) is 20.0. The fourth-order valence-corrected chi connectivity index (χ4v) is 5.72. The van der Waals surface area contributed by atoms with Gasteiger partial charge >= 0.3 is 6.09 Å². The number of thiazole rings is 1. The first-order valence-corrected chi connectivity index (χ1v) is 12.7. The van der Waals surface area contributed by atoms with Crippen LogP contribution in [0.2, 0.25) is 0 Å². The van der Waals surface area contributed by atoms with E-state index in [9.17, 15) is 4.79 Å². The minimum absolute atomic E-state index is 0.235. The predicted molar refractivity (Wildman–Crippen MR) is 136 cm³/mol. The second-order valence-corrected chi connectivity index (χ2v) is 10.5. The van der Waals surface area contributed by atoms with Gasteiger partial charge in [0.2, 0.25) is 0 Å². The van der Waals surface area contributed by atoms with E-state index >= 15 is 0 Å². The van der Waals surface area contributed by atoms with Gasteiger partial charge < -0.3 is 9.47 Å². The molecule has 0 bridgehead atoms. The van der Waals surface area contributed by atoms with E-state index in [-0.39, 0.29) is 6.09 Å². The van der Waals surface area contributed by atoms with Crippen LogP contribution >= 0.6 is 11.3 Å². The molecule has 2 aliphatic heterocycles. The highest BCUT2D eigenvalue weighted by atomic mass is 32.1. The number of likely N-dealkylation sites (tertiary alicyclic amines) is 1. The lowest BCUT2D eigenvalue weighted by molar-refractivity contribution is -0.000951. The van der Waals surface area contributed by atoms with Crippen molar-refractivity contribution in [3.8, 4) is 16.3 Å². The molecular formula is C27H31N3O3S. The molecule has 2 aliphatic rings. The summed E-state index contributed by atoms with van der Waals surface area (Å²) in [7, 11) is 0. The quantitative estimate of drug-likeness (QED) is 0.448. The second kappa shape index (κ2) is 9.39. The average Bonchev–Trinajstić information content (AvgIpc) is 3.41. The molecule has 6 nitrogen and oxygen atoms in total. The van der Waals surface area contributed by atoms with Crippen LogP contribution in [0, 0.1) is 13.8 Å². The number of anilines is 1. The van der Waals surface area contributed by atoms with Crippen molar-refractivity contribution >= 4 is 23.1 Å². The Morgan fingerprint density at radius 2 is 1.91 bits per heavy atom. The number of ether oxygens (including phenoxy) is 2. The smallest absolute Gasteiger partial charge is 0.415 e. The van der Waals surface area contributed by atoms with E-state index in [1.165, 1.54) is 16.0 Å². The van der Waals surface area contributed by atoms with Crippen molar-refractivity contribution in [2.75, 3.05) is 31.1 Å². The van der Waals surface area contributed by atoms with Crippen molar-refractivity contribution in [2.45, 2.75) is 45.8 Å². The largest absolute Gasteiger partial charge is 0.494 e. The topological polar surface area (TPSA) is 54.9 Å². The predicted octanol–water partition coefficient (Wildman–Crippen LogP) is 5.82. The van der Waals surface area contributed by atoms with Gasteiger partial charge in [-0.3, -0.25) is 9.80 Å². The van der Waals surface area contributed by atoms with Gasteiger partial charge in [0.15, 0.2) is 0 Å². The number of piperidine rings is 1. The van der Waals surface area contributed by atoms with Crippen LogP contribution in [-0.4, -0.2) is 47.8 Å². The maximum atomic E-state index is 12.6. The number of hydrogen-bond donors (Lipinski definition) is 0. The number of carbonyl (C=O) groups is 1. The Morgan fingerprint density at radius 1 is 1.15 bits per heavy atom. The van der Waals surface area contributed by atoms with Crippen molar-refractivity contribution in [3.63, 3.8) is 0 Å². The monoisotopic (exact) mass is 477 g/mol. The lowest BCUT2D eigenvalue weighted by Gasteiger charge is -2.37. The summed E-state index contributed by atoms with van der Waals surface area (Å²) in [4.78, 5) is 22.7. The third-order valence-corrected chi connectivity index (χ3v) is 7.70. The van der Waals surface area contributed by atoms with Gasteiger partial charge in [0.1, 0.15) is 16.4 Å². The minimum atomic E-state index is -0.400. The van der Waals surface area contributed by atoms with Gasteiger partial charge in [-0.05, 0) is 56.2 Å². The van der Waals surface area contributed by atoms with Crippen LogP contribution in [0.1, 0.15) is 35.8 Å². The Balaban J connectivity index is 1.32. The molecule has 7 heteroatoms. The molecule has 34 heavy (non-hydrogen) atoms. The molecule has 2 aromatic carbocycles. The fraction of sp³-hybridized carbons (Fsp3) is 0.407. The van der Waals surface area contributed by atoms with Crippen LogP contribution in [0.5, 0.6) is 5.75 Å². The normalized spacial score (nSPS) is 17.9. The Hall–Kier alpha value is -2.90. The Kier molecular flexibility index (Phi) is 6.32. The summed E-state index contributed by atoms with van der Waals surface area (Å²) in [5, 5.41) is 1.05. The van der Waals surface area contributed by atoms with Crippen molar-refractivity contribution < 1.29 is 14.3 Å². The number of benzene rings is 2. The lowest BCUT2D eigenvalue weighted by atomic mass is 9.90. The molecule has 0 radical (unpaired) electrons. The maximum absolute atomic E-state index is 12.6. The Labute approximate surface area is 205 Å². The standard InChI is InChI=1S/C27H31N3O3S/c1-4-32-24-15-21(23(14-19(24)2)25-28-16-20(3)34-25)17-29-12-10-27(11-13-29)18-30(26(31)33-27)22-8-6-5-7-9-22/h5-9,14-16H,4,10-13,17-18H2,1-3H3. The third kappa shape index (κ3) is 4.55. The second-order valence-electron chi connectivity index (χ2n) is 9.23. The number of aromatic nitrogens is 1. The number of amides is 1. The molecule has 3 heterocycles. The Bertz CT molecular complexity index is 1170. The van der Waals surface area contributed by atoms with Crippen LogP contribution in [0.15, 0.2) is 48.7 Å². The van der Waals surface area contributed by atoms with E-state index in [2.05, 4.69) is 35.9 Å². The van der Waals surface area contributed by atoms with Gasteiger partial charge in [0.05, 0.1) is 13.2 Å². The first-order valence-electron chi connectivity index (χ1n) is 11.9. The number of para-hydroxylation sites is 1. The lowest BCUT2D eigenvalue weighted by Crippen LogP contribution is -2.46. The number of hydrogen-bond acceptors (Lipinski definition) is 6. The van der Waals surface area contributed by atoms with Gasteiger partial charge in [-0.2, -0.15) is 0 Å². The van der Waals surface area contributed by atoms with Crippen LogP contribution in [0.4, 0.5) is 10.5 Å². The number of aryl methyl sites for hydroxylation is 2. The van der Waals surface area contributed by atoms with Gasteiger partial charge in [0, 0.05) is 54.8 Å². The Morgan fingerprint density at radius 3 is 2.59 bits per heavy atom. The van der Waals surface area contributed by atoms with Gasteiger partial charge in [-0.25, -0.2) is 9.78 Å². The first-order chi connectivity index (χ1) is 16.5. The van der Waals surface area contributed by atoms with E-state index in [0.717, 1.165) is 54.5 Å². The van der Waals surface area contributed by atoms with E-state index in [1.54, 1.807) is 16.2 Å². The summed E-state index contributed by atoms with van der Waals surface area (Å²) in [6, 6.07) is 14.2. The minimum Gasteiger partial charge on any atom is -0.494 e. The molecule has 1 amide bonds. The van der Waals surface area contributed by atoms with Gasteiger partial charge in [0.25, 0.3) is 0 Å². The summed E-state index contributed by atoms with van der Waals surface area (Å²) in [5.74, 6) is 0.936. The third-order valence-electron chi connectivity index (χ3n) is 6.75. The number of nitrogens with zero attached hydrogens (tertiary/aromatic N) is 3. The molecule has 0 unspecified atom stereocenters. The summed E-state index contributed by atoms with van der Waals surface area (Å²) in [6.07, 6.45) is 3.37. The van der Waals surface area contributed by atoms with E-state index < -0.39 is 5.60 Å². The average molecular weight is 478 g/mol. The maximum Gasteiger partial charge on any atom is 0.415 e. The van der Waals surface area contributed by atoms with E-state index in [4.69, 9.17) is 9.47 Å². The number of carbonyl (C=O) groups excluding carboxylic acids is 1. The van der Waals surface area contributed by atoms with Crippen LogP contribution in [0.3, 0.4) is 0 Å². The highest BCUT2D eigenvalue weighted by molar-refractivity contribution is 7.15. The zero-order chi connectivity index (χ0) is 23.7. The molecular weight excluding hydrogens is 446 g/mol. The highest BCUT2D eigenvalue weighted by Crippen LogP contribution is 2.38. The van der Waals surface area contributed by atoms with Crippen molar-refractivity contribution in [3.05, 3.63) is 64.7 Å². The molecule has 5 rings (SSSR count). The first kappa shape index (κ1) is 22.9. The zero-order valence-corrected chi connectivity index (χ0v) is 20.9. The fourth-order valence-electron chi connectivity index (χ4n) is 4.90. The summed E-state index contributed by atoms with van der Waals surface area (Å²) in [6.45, 7) is 10.0. The molecule has 1 aromatic heterocycles. The van der Waals surface area contributed by atoms with Gasteiger partial charge in [-0.15, -0.1) is 11.3 Å². The molecule has 0 N–H and O–H groups in total. The van der Waals surface area contributed by atoms with E-state index in [1.807, 2.05) is 43.5 Å². The van der Waals surface area contributed by atoms with Crippen LogP contribution in [0.25, 0.3) is 10.6 Å². The van der Waals surface area contributed by atoms with Crippen molar-refractivity contribution in [1.82, 2.24) is 9.88 Å². The summed E-state index contributed by atoms with van der Waals surface area (Å²) in [5.41, 5.74) is 4.04. The van der Waals surface area contributed by atoms with Crippen LogP contribution in [-0.2, 0) is 11.3 Å². The molecule has 0 saturated carbocycles. The molecule has 178 valence electrons. The summed E-state index contributed by atoms with van der Waals surface area (Å²) < 4.78 is 11.9. The molecule has 2 fully saturated rings. The number of rotatable bonds is 6. The van der Waals surface area contributed by atoms with Gasteiger partial charge in [-0.1, -0.05) is 18.2 Å². The molecule has 0 atom stereocenters. The molecule has 0 aliphatic carbocycles. The summed E-state index contributed by atoms with van der Waals surface area (Å²) >= 11 is 1.73. The SMILES string of the molecule is CCOc1cc(CN2CCC3(CC2)CN(c2ccccc2)C(=O)O3)c(-c2ncc(C)s2)cc1C. The van der Waals surface area contributed by atoms with Crippen molar-refractivity contribution in [2.24, 2.45) is 0 Å². The van der Waals surface area contributed by atoms with Crippen LogP contribution < -0.4 is 9.64 Å². The molecule has 3 aromatic rings. The molecule has 1 spiro atoms. The molecule has 2 saturated heterocycles.